The molecule has 0 aliphatic carbocycles. The molecule has 2 aromatic carbocycles. The van der Waals surface area contributed by atoms with Crippen molar-refractivity contribution in [1.82, 2.24) is 15.2 Å². The molecule has 0 bridgehead atoms. The molecule has 0 radical (unpaired) electrons. The lowest BCUT2D eigenvalue weighted by molar-refractivity contribution is 0.109. The van der Waals surface area contributed by atoms with Gasteiger partial charge in [-0.25, -0.2) is 4.39 Å². The Hall–Kier alpha value is -4.00. The number of aromatic nitrogens is 3. The summed E-state index contributed by atoms with van der Waals surface area (Å²) in [7, 11) is 0. The van der Waals surface area contributed by atoms with Crippen molar-refractivity contribution in [1.29, 1.82) is 5.26 Å². The highest BCUT2D eigenvalue weighted by molar-refractivity contribution is 6.32. The van der Waals surface area contributed by atoms with Crippen LogP contribution in [-0.4, -0.2) is 27.8 Å². The summed E-state index contributed by atoms with van der Waals surface area (Å²) in [5.41, 5.74) is 1.46. The fourth-order valence-corrected chi connectivity index (χ4v) is 3.70. The van der Waals surface area contributed by atoms with Crippen molar-refractivity contribution in [2.75, 3.05) is 0 Å². The minimum absolute atomic E-state index is 0.00995. The molecular weight excluding hydrogens is 486 g/mol. The molecule has 0 saturated heterocycles. The van der Waals surface area contributed by atoms with Crippen LogP contribution >= 0.6 is 23.2 Å². The lowest BCUT2D eigenvalue weighted by atomic mass is 10.1. The Morgan fingerprint density at radius 3 is 2.68 bits per heavy atom. The predicted octanol–water partition coefficient (Wildman–Crippen LogP) is 5.70. The summed E-state index contributed by atoms with van der Waals surface area (Å²) in [4.78, 5) is 25.2. The third-order valence-corrected chi connectivity index (χ3v) is 5.45. The number of ether oxygens (including phenoxy) is 1. The quantitative estimate of drug-likeness (QED) is 0.324. The Bertz CT molecular complexity index is 1470. The van der Waals surface area contributed by atoms with Gasteiger partial charge in [0, 0.05) is 16.1 Å². The zero-order valence-corrected chi connectivity index (χ0v) is 18.9. The second kappa shape index (κ2) is 9.47. The van der Waals surface area contributed by atoms with E-state index in [9.17, 15) is 9.59 Å². The van der Waals surface area contributed by atoms with Crippen LogP contribution in [0.5, 0.6) is 11.5 Å². The van der Waals surface area contributed by atoms with Gasteiger partial charge >= 0.3 is 0 Å². The first-order valence-electron chi connectivity index (χ1n) is 9.65. The van der Waals surface area contributed by atoms with Gasteiger partial charge in [0.1, 0.15) is 11.4 Å². The van der Waals surface area contributed by atoms with E-state index in [1.54, 1.807) is 6.92 Å². The van der Waals surface area contributed by atoms with Gasteiger partial charge in [0.05, 0.1) is 28.8 Å². The average Bonchev–Trinajstić information content (AvgIpc) is 3.41. The molecule has 0 saturated carbocycles. The number of carbonyl (C=O) groups excluding carboxylic acids is 2. The number of aldehydes is 2. The fraction of sp³-hybridized carbons (Fsp3) is 0.0870. The van der Waals surface area contributed by atoms with Gasteiger partial charge in [-0.15, -0.1) is 10.2 Å². The molecule has 0 fully saturated rings. The molecule has 0 atom stereocenters. The number of H-pyrrole nitrogens is 1. The van der Waals surface area contributed by atoms with E-state index in [0.717, 1.165) is 0 Å². The number of rotatable bonds is 7. The zero-order valence-electron chi connectivity index (χ0n) is 17.4. The van der Waals surface area contributed by atoms with Crippen molar-refractivity contribution in [3.8, 4) is 29.2 Å². The normalized spacial score (nSPS) is 10.7. The Balaban J connectivity index is 1.63. The molecule has 11 heteroatoms. The van der Waals surface area contributed by atoms with Crippen LogP contribution in [0.25, 0.3) is 11.6 Å². The Morgan fingerprint density at radius 2 is 2.00 bits per heavy atom. The van der Waals surface area contributed by atoms with Crippen LogP contribution in [0.3, 0.4) is 0 Å². The highest BCUT2D eigenvalue weighted by Gasteiger charge is 2.21. The van der Waals surface area contributed by atoms with Crippen LogP contribution in [0.2, 0.25) is 10.0 Å². The summed E-state index contributed by atoms with van der Waals surface area (Å²) in [6.45, 7) is 1.63. The fourth-order valence-electron chi connectivity index (χ4n) is 3.29. The Kier molecular flexibility index (Phi) is 6.45. The third-order valence-electron chi connectivity index (χ3n) is 4.94. The van der Waals surface area contributed by atoms with Crippen LogP contribution in [0.4, 0.5) is 4.39 Å². The van der Waals surface area contributed by atoms with Crippen molar-refractivity contribution in [2.45, 2.75) is 13.3 Å². The van der Waals surface area contributed by atoms with E-state index < -0.39 is 5.82 Å². The maximum atomic E-state index is 15.2. The Morgan fingerprint density at radius 1 is 1.21 bits per heavy atom. The largest absolute Gasteiger partial charge is 0.453 e. The second-order valence-corrected chi connectivity index (χ2v) is 7.95. The first-order valence-corrected chi connectivity index (χ1v) is 10.4. The van der Waals surface area contributed by atoms with Crippen LogP contribution in [-0.2, 0) is 6.42 Å². The van der Waals surface area contributed by atoms with Gasteiger partial charge in [0.15, 0.2) is 24.1 Å². The summed E-state index contributed by atoms with van der Waals surface area (Å²) < 4.78 is 26.5. The summed E-state index contributed by atoms with van der Waals surface area (Å²) in [5.74, 6) is -0.755. The van der Waals surface area contributed by atoms with E-state index in [2.05, 4.69) is 15.2 Å². The van der Waals surface area contributed by atoms with E-state index in [0.29, 0.717) is 23.8 Å². The van der Waals surface area contributed by atoms with E-state index in [4.69, 9.17) is 37.6 Å². The molecule has 2 heterocycles. The summed E-state index contributed by atoms with van der Waals surface area (Å²) >= 11 is 12.1. The molecule has 0 aliphatic rings. The van der Waals surface area contributed by atoms with E-state index in [-0.39, 0.29) is 62.1 Å². The lowest BCUT2D eigenvalue weighted by Crippen LogP contribution is -1.98. The van der Waals surface area contributed by atoms with Gasteiger partial charge in [-0.1, -0.05) is 29.3 Å². The number of hydrogen-bond acceptors (Lipinski definition) is 7. The van der Waals surface area contributed by atoms with Crippen LogP contribution in [0.15, 0.2) is 34.7 Å². The summed E-state index contributed by atoms with van der Waals surface area (Å²) in [5, 5.41) is 17.2. The lowest BCUT2D eigenvalue weighted by Gasteiger charge is -2.11. The number of nitrogens with zero attached hydrogens (tertiary/aromatic N) is 3. The number of hydrogen-bond donors (Lipinski definition) is 1. The average molecular weight is 499 g/mol. The van der Waals surface area contributed by atoms with Crippen molar-refractivity contribution in [2.24, 2.45) is 0 Å². The molecule has 0 amide bonds. The molecule has 2 aromatic heterocycles. The summed E-state index contributed by atoms with van der Waals surface area (Å²) in [6.07, 6.45) is 0.980. The number of nitrogens with one attached hydrogen (secondary N) is 1. The predicted molar refractivity (Wildman–Crippen MR) is 120 cm³/mol. The number of nitriles is 1. The molecule has 4 rings (SSSR count). The smallest absolute Gasteiger partial charge is 0.264 e. The SMILES string of the molecule is Cc1c(-c2nnc(Cc3ccc(Cl)c(Oc4cc(Cl)cc(C#N)c4)c3F)o2)[nH]c(C=O)c1C=O. The maximum absolute atomic E-state index is 15.2. The highest BCUT2D eigenvalue weighted by Crippen LogP contribution is 2.36. The zero-order chi connectivity index (χ0) is 24.4. The van der Waals surface area contributed by atoms with Crippen LogP contribution < -0.4 is 4.74 Å². The monoisotopic (exact) mass is 498 g/mol. The van der Waals surface area contributed by atoms with E-state index >= 15 is 4.39 Å². The molecule has 0 spiro atoms. The van der Waals surface area contributed by atoms with Gasteiger partial charge in [-0.2, -0.15) is 5.26 Å². The highest BCUT2D eigenvalue weighted by atomic mass is 35.5. The molecule has 1 N–H and O–H groups in total. The summed E-state index contributed by atoms with van der Waals surface area (Å²) in [6, 6.07) is 9.10. The first-order chi connectivity index (χ1) is 16.3. The molecule has 170 valence electrons. The molecule has 34 heavy (non-hydrogen) atoms. The number of aromatic amines is 1. The molecule has 0 unspecified atom stereocenters. The van der Waals surface area contributed by atoms with E-state index in [1.807, 2.05) is 6.07 Å². The third kappa shape index (κ3) is 4.41. The van der Waals surface area contributed by atoms with Crippen molar-refractivity contribution in [3.05, 3.63) is 80.0 Å². The minimum atomic E-state index is -0.756. The van der Waals surface area contributed by atoms with Crippen molar-refractivity contribution < 1.29 is 23.1 Å². The van der Waals surface area contributed by atoms with E-state index in [1.165, 1.54) is 30.3 Å². The van der Waals surface area contributed by atoms with Gasteiger partial charge in [-0.3, -0.25) is 9.59 Å². The van der Waals surface area contributed by atoms with Crippen molar-refractivity contribution >= 4 is 35.8 Å². The topological polar surface area (TPSA) is 122 Å². The molecular formula is C23H13Cl2FN4O4. The Labute approximate surface area is 201 Å². The molecule has 0 aliphatic heterocycles. The number of benzene rings is 2. The van der Waals surface area contributed by atoms with Crippen molar-refractivity contribution in [3.63, 3.8) is 0 Å². The van der Waals surface area contributed by atoms with Gasteiger partial charge < -0.3 is 14.1 Å². The number of carbonyl (C=O) groups is 2. The maximum Gasteiger partial charge on any atom is 0.264 e. The minimum Gasteiger partial charge on any atom is -0.453 e. The molecule has 4 aromatic rings. The molecule has 8 nitrogen and oxygen atoms in total. The number of halogens is 3. The van der Waals surface area contributed by atoms with Crippen LogP contribution in [0.1, 0.15) is 43.4 Å². The van der Waals surface area contributed by atoms with Crippen LogP contribution in [0, 0.1) is 24.1 Å². The van der Waals surface area contributed by atoms with Gasteiger partial charge in [0.25, 0.3) is 5.89 Å². The second-order valence-electron chi connectivity index (χ2n) is 7.10. The van der Waals surface area contributed by atoms with Gasteiger partial charge in [0.2, 0.25) is 5.89 Å². The van der Waals surface area contributed by atoms with Gasteiger partial charge in [-0.05, 0) is 36.8 Å². The first kappa shape index (κ1) is 23.2. The standard InChI is InChI=1S/C23H13Cl2FN4O4/c1-11-16(9-31)18(10-32)28-21(11)23-30-29-19(34-23)6-13-2-3-17(25)22(20(13)26)33-15-5-12(8-27)4-14(24)7-15/h2-5,7,9-10,28H,6H2,1H3.